The highest BCUT2D eigenvalue weighted by atomic mass is 32.1. The van der Waals surface area contributed by atoms with Crippen LogP contribution in [-0.4, -0.2) is 92.2 Å². The van der Waals surface area contributed by atoms with Crippen LogP contribution in [0.2, 0.25) is 0 Å². The fourth-order valence-corrected chi connectivity index (χ4v) is 6.83. The summed E-state index contributed by atoms with van der Waals surface area (Å²) in [5, 5.41) is 22.1. The molecule has 0 heterocycles. The Balaban J connectivity index is 4.12. The van der Waals surface area contributed by atoms with Crippen molar-refractivity contribution in [3.05, 3.63) is 24.3 Å². The summed E-state index contributed by atoms with van der Waals surface area (Å²) in [7, 11) is 0. The van der Waals surface area contributed by atoms with E-state index in [1.807, 2.05) is 4.90 Å². The molecular weight excluding hydrogens is 693 g/mol. The Morgan fingerprint density at radius 3 is 1.22 bits per heavy atom. The highest BCUT2D eigenvalue weighted by Crippen LogP contribution is 2.12. The lowest BCUT2D eigenvalue weighted by Crippen LogP contribution is -2.43. The van der Waals surface area contributed by atoms with Crippen LogP contribution in [0.4, 0.5) is 0 Å². The first kappa shape index (κ1) is 53.0. The minimum absolute atomic E-state index is 0.0491. The minimum Gasteiger partial charge on any atom is -0.470 e. The summed E-state index contributed by atoms with van der Waals surface area (Å²) in [6, 6.07) is -0.0632. The molecule has 0 spiro atoms. The molecule has 8 heteroatoms. The van der Waals surface area contributed by atoms with Crippen LogP contribution in [0.25, 0.3) is 0 Å². The number of allylic oxidation sites excluding steroid dienone is 4. The largest absolute Gasteiger partial charge is 0.470 e. The fraction of sp³-hybridized carbons (Fsp3) is 0.891. The lowest BCUT2D eigenvalue weighted by Gasteiger charge is -2.23. The van der Waals surface area contributed by atoms with E-state index >= 15 is 0 Å². The van der Waals surface area contributed by atoms with Gasteiger partial charge in [0.15, 0.2) is 0 Å². The van der Waals surface area contributed by atoms with Gasteiger partial charge in [-0.3, -0.25) is 4.90 Å². The molecule has 0 radical (unpaired) electrons. The summed E-state index contributed by atoms with van der Waals surface area (Å²) in [5.74, 6) is 0. The molecule has 0 aliphatic heterocycles. The molecule has 0 aromatic carbocycles. The third-order valence-corrected chi connectivity index (χ3v) is 10.3. The molecule has 3 N–H and O–H groups in total. The van der Waals surface area contributed by atoms with Crippen molar-refractivity contribution in [3.63, 3.8) is 0 Å². The molecule has 0 unspecified atom stereocenters. The molecule has 320 valence electrons. The third kappa shape index (κ3) is 42.1. The maximum absolute atomic E-state index is 9.25. The lowest BCUT2D eigenvalue weighted by atomic mass is 10.1. The highest BCUT2D eigenvalue weighted by molar-refractivity contribution is 7.80. The molecule has 0 aliphatic rings. The van der Waals surface area contributed by atoms with E-state index in [2.05, 4.69) is 43.5 Å². The van der Waals surface area contributed by atoms with Crippen LogP contribution in [0.3, 0.4) is 0 Å². The van der Waals surface area contributed by atoms with Gasteiger partial charge in [0, 0.05) is 32.8 Å². The standard InChI is InChI=1S/C46H90N2O5S/c1-3-5-7-9-11-13-15-17-19-21-23-25-27-29-31-33-40-51-43-45(47-46(54)53-42-37-48(35-38-49)36-39-50)44-52-41-34-32-30-28-26-24-22-20-18-16-14-12-10-8-6-4-2/h17-20,45,49-50H,3-16,21-44H2,1-2H3,(H,47,54)/b19-17-,20-18-. The van der Waals surface area contributed by atoms with E-state index in [4.69, 9.17) is 26.4 Å². The van der Waals surface area contributed by atoms with Gasteiger partial charge in [0.2, 0.25) is 0 Å². The molecule has 0 saturated carbocycles. The molecule has 0 aromatic rings. The molecule has 7 nitrogen and oxygen atoms in total. The van der Waals surface area contributed by atoms with Crippen LogP contribution in [0.15, 0.2) is 24.3 Å². The normalized spacial score (nSPS) is 12.0. The van der Waals surface area contributed by atoms with Gasteiger partial charge in [-0.25, -0.2) is 0 Å². The summed E-state index contributed by atoms with van der Waals surface area (Å²) in [5.41, 5.74) is 0. The van der Waals surface area contributed by atoms with Crippen molar-refractivity contribution in [2.45, 2.75) is 200 Å². The summed E-state index contributed by atoms with van der Waals surface area (Å²) in [6.07, 6.45) is 46.0. The molecule has 0 bridgehead atoms. The van der Waals surface area contributed by atoms with E-state index in [9.17, 15) is 10.2 Å². The predicted octanol–water partition coefficient (Wildman–Crippen LogP) is 11.6. The number of thiocarbonyl (C=S) groups is 1. The van der Waals surface area contributed by atoms with Crippen molar-refractivity contribution >= 4 is 17.4 Å². The maximum Gasteiger partial charge on any atom is 0.257 e. The Labute approximate surface area is 340 Å². The van der Waals surface area contributed by atoms with Crippen molar-refractivity contribution in [1.29, 1.82) is 0 Å². The van der Waals surface area contributed by atoms with E-state index in [1.54, 1.807) is 0 Å². The number of ether oxygens (including phenoxy) is 3. The Bertz CT molecular complexity index is 747. The number of nitrogens with zero attached hydrogens (tertiary/aromatic N) is 1. The fourth-order valence-electron chi connectivity index (χ4n) is 6.58. The van der Waals surface area contributed by atoms with Gasteiger partial charge in [-0.05, 0) is 76.4 Å². The van der Waals surface area contributed by atoms with Gasteiger partial charge in [0.25, 0.3) is 5.17 Å². The van der Waals surface area contributed by atoms with Crippen molar-refractivity contribution in [3.8, 4) is 0 Å². The van der Waals surface area contributed by atoms with E-state index in [-0.39, 0.29) is 19.3 Å². The molecule has 0 saturated heterocycles. The second-order valence-electron chi connectivity index (χ2n) is 15.3. The van der Waals surface area contributed by atoms with E-state index in [0.717, 1.165) is 26.1 Å². The Kier molecular flexibility index (Phi) is 45.5. The van der Waals surface area contributed by atoms with Crippen LogP contribution >= 0.6 is 12.2 Å². The number of unbranched alkanes of at least 4 members (excludes halogenated alkanes) is 24. The molecule has 0 fully saturated rings. The maximum atomic E-state index is 9.25. The summed E-state index contributed by atoms with van der Waals surface area (Å²) in [6.45, 7) is 9.20. The summed E-state index contributed by atoms with van der Waals surface area (Å²) < 4.78 is 17.9. The summed E-state index contributed by atoms with van der Waals surface area (Å²) in [4.78, 5) is 1.95. The number of aliphatic hydroxyl groups is 2. The van der Waals surface area contributed by atoms with Gasteiger partial charge in [0.05, 0.1) is 32.5 Å². The Morgan fingerprint density at radius 2 is 0.852 bits per heavy atom. The van der Waals surface area contributed by atoms with Gasteiger partial charge >= 0.3 is 0 Å². The van der Waals surface area contributed by atoms with Gasteiger partial charge in [0.1, 0.15) is 6.61 Å². The molecule has 54 heavy (non-hydrogen) atoms. The van der Waals surface area contributed by atoms with Crippen LogP contribution in [0.5, 0.6) is 0 Å². The number of hydrogen-bond donors (Lipinski definition) is 3. The first-order valence-corrected chi connectivity index (χ1v) is 23.4. The van der Waals surface area contributed by atoms with Crippen LogP contribution < -0.4 is 5.32 Å². The number of aliphatic hydroxyl groups excluding tert-OH is 2. The minimum atomic E-state index is -0.0632. The first-order valence-electron chi connectivity index (χ1n) is 23.0. The van der Waals surface area contributed by atoms with Crippen LogP contribution in [0, 0.1) is 0 Å². The van der Waals surface area contributed by atoms with Gasteiger partial charge in [-0.2, -0.15) is 0 Å². The average Bonchev–Trinajstić information content (AvgIpc) is 3.17. The van der Waals surface area contributed by atoms with E-state index < -0.39 is 0 Å². The molecule has 0 aromatic heterocycles. The van der Waals surface area contributed by atoms with E-state index in [0.29, 0.717) is 44.6 Å². The number of hydrogen-bond acceptors (Lipinski definition) is 7. The molecule has 0 rings (SSSR count). The number of rotatable bonds is 44. The Morgan fingerprint density at radius 1 is 0.500 bits per heavy atom. The van der Waals surface area contributed by atoms with Crippen molar-refractivity contribution in [2.75, 3.05) is 65.9 Å². The third-order valence-electron chi connectivity index (χ3n) is 10.0. The average molecular weight is 783 g/mol. The van der Waals surface area contributed by atoms with Crippen molar-refractivity contribution in [2.24, 2.45) is 0 Å². The summed E-state index contributed by atoms with van der Waals surface area (Å²) >= 11 is 5.49. The second kappa shape index (κ2) is 46.4. The highest BCUT2D eigenvalue weighted by Gasteiger charge is 2.13. The zero-order chi connectivity index (χ0) is 39.3. The first-order chi connectivity index (χ1) is 26.7. The quantitative estimate of drug-likeness (QED) is 0.0320. The predicted molar refractivity (Wildman–Crippen MR) is 237 cm³/mol. The molecular formula is C46H90N2O5S. The van der Waals surface area contributed by atoms with Crippen LogP contribution in [-0.2, 0) is 14.2 Å². The van der Waals surface area contributed by atoms with Crippen molar-refractivity contribution in [1.82, 2.24) is 10.2 Å². The number of nitrogens with one attached hydrogen (secondary N) is 1. The van der Waals surface area contributed by atoms with E-state index in [1.165, 1.54) is 167 Å². The SMILES string of the molecule is CCCCCCCC/C=C\CCCCCCCCOCC(COCCCCCCCC/C=C\CCCCCCCC)NC(=S)OCCN(CCO)CCO. The zero-order valence-corrected chi connectivity index (χ0v) is 36.5. The second-order valence-corrected chi connectivity index (χ2v) is 15.7. The lowest BCUT2D eigenvalue weighted by molar-refractivity contribution is 0.0561. The van der Waals surface area contributed by atoms with Crippen LogP contribution in [0.1, 0.15) is 194 Å². The monoisotopic (exact) mass is 783 g/mol. The smallest absolute Gasteiger partial charge is 0.257 e. The Hall–Kier alpha value is -1.03. The molecule has 0 amide bonds. The van der Waals surface area contributed by atoms with Gasteiger partial charge in [-0.15, -0.1) is 0 Å². The van der Waals surface area contributed by atoms with Crippen molar-refractivity contribution < 1.29 is 24.4 Å². The zero-order valence-electron chi connectivity index (χ0n) is 35.7. The topological polar surface area (TPSA) is 83.4 Å². The molecule has 0 aliphatic carbocycles. The van der Waals surface area contributed by atoms with Gasteiger partial charge in [-0.1, -0.05) is 154 Å². The van der Waals surface area contributed by atoms with Gasteiger partial charge < -0.3 is 29.7 Å². The molecule has 0 atom stereocenters.